The van der Waals surface area contributed by atoms with Gasteiger partial charge in [-0.05, 0) is 24.6 Å². The Hall–Kier alpha value is -2.08. The Balaban J connectivity index is 2.10. The van der Waals surface area contributed by atoms with Crippen LogP contribution >= 0.6 is 11.6 Å². The summed E-state index contributed by atoms with van der Waals surface area (Å²) in [5.74, 6) is 0.483. The minimum atomic E-state index is -0.359. The smallest absolute Gasteiger partial charge is 0.295 e. The molecule has 6 nitrogen and oxygen atoms in total. The maximum atomic E-state index is 12.1. The molecule has 2 rings (SSSR count). The molecule has 112 valence electrons. The molecule has 2 N–H and O–H groups in total. The van der Waals surface area contributed by atoms with Gasteiger partial charge in [0.25, 0.3) is 5.91 Å². The largest absolute Gasteiger partial charge is 0.376 e. The van der Waals surface area contributed by atoms with Gasteiger partial charge in [-0.2, -0.15) is 0 Å². The molecular weight excluding hydrogens is 290 g/mol. The molecule has 0 atom stereocenters. The molecule has 1 aromatic heterocycles. The summed E-state index contributed by atoms with van der Waals surface area (Å²) in [6, 6.07) is 5.34. The highest BCUT2D eigenvalue weighted by Gasteiger charge is 2.13. The molecular formula is C14H18ClN5O. The Kier molecular flexibility index (Phi) is 4.80. The van der Waals surface area contributed by atoms with Gasteiger partial charge < -0.3 is 10.2 Å². The summed E-state index contributed by atoms with van der Waals surface area (Å²) in [5, 5.41) is 9.97. The second kappa shape index (κ2) is 6.58. The van der Waals surface area contributed by atoms with Crippen LogP contribution < -0.4 is 10.2 Å². The molecule has 21 heavy (non-hydrogen) atoms. The van der Waals surface area contributed by atoms with Gasteiger partial charge in [-0.25, -0.2) is 4.98 Å². The first kappa shape index (κ1) is 15.3. The first-order chi connectivity index (χ1) is 10.0. The van der Waals surface area contributed by atoms with Gasteiger partial charge in [-0.1, -0.05) is 18.5 Å². The van der Waals surface area contributed by atoms with E-state index in [4.69, 9.17) is 11.6 Å². The van der Waals surface area contributed by atoms with Crippen molar-refractivity contribution < 1.29 is 4.79 Å². The van der Waals surface area contributed by atoms with E-state index in [2.05, 4.69) is 20.5 Å². The number of anilines is 2. The number of benzene rings is 1. The fraction of sp³-hybridized carbons (Fsp3) is 0.357. The molecule has 0 bridgehead atoms. The Bertz CT molecular complexity index is 638. The standard InChI is InChI=1S/C14H18ClN5O/c1-4-5-12-17-13(19-18-12)14(21)16-9-6-7-11(20(2)3)10(15)8-9/h6-8H,4-5H2,1-3H3,(H,16,21)(H,17,18,19). The molecule has 0 spiro atoms. The van der Waals surface area contributed by atoms with E-state index in [1.807, 2.05) is 32.0 Å². The van der Waals surface area contributed by atoms with Crippen LogP contribution in [0.4, 0.5) is 11.4 Å². The summed E-state index contributed by atoms with van der Waals surface area (Å²) < 4.78 is 0. The topological polar surface area (TPSA) is 73.9 Å². The van der Waals surface area contributed by atoms with Crippen molar-refractivity contribution >= 4 is 28.9 Å². The van der Waals surface area contributed by atoms with Crippen molar-refractivity contribution in [2.75, 3.05) is 24.3 Å². The van der Waals surface area contributed by atoms with E-state index in [-0.39, 0.29) is 11.7 Å². The quantitative estimate of drug-likeness (QED) is 0.890. The van der Waals surface area contributed by atoms with Gasteiger partial charge in [0, 0.05) is 26.2 Å². The molecule has 0 fully saturated rings. The maximum Gasteiger partial charge on any atom is 0.295 e. The number of H-pyrrole nitrogens is 1. The molecule has 0 aliphatic heterocycles. The SMILES string of the molecule is CCCc1nc(C(=O)Nc2ccc(N(C)C)c(Cl)c2)n[nH]1. The van der Waals surface area contributed by atoms with Gasteiger partial charge in [0.05, 0.1) is 10.7 Å². The Morgan fingerprint density at radius 3 is 2.81 bits per heavy atom. The van der Waals surface area contributed by atoms with Crippen LogP contribution in [0.25, 0.3) is 0 Å². The molecule has 0 aliphatic rings. The molecule has 0 saturated heterocycles. The number of hydrogen-bond acceptors (Lipinski definition) is 4. The fourth-order valence-corrected chi connectivity index (χ4v) is 2.23. The van der Waals surface area contributed by atoms with Crippen molar-refractivity contribution in [1.82, 2.24) is 15.2 Å². The Morgan fingerprint density at radius 2 is 2.19 bits per heavy atom. The molecule has 1 aromatic carbocycles. The fourth-order valence-electron chi connectivity index (χ4n) is 1.88. The summed E-state index contributed by atoms with van der Waals surface area (Å²) in [7, 11) is 3.81. The number of aromatic nitrogens is 3. The molecule has 1 amide bonds. The lowest BCUT2D eigenvalue weighted by Gasteiger charge is -2.15. The van der Waals surface area contributed by atoms with Crippen LogP contribution in [0.2, 0.25) is 5.02 Å². The number of aromatic amines is 1. The normalized spacial score (nSPS) is 10.5. The zero-order valence-corrected chi connectivity index (χ0v) is 13.0. The minimum absolute atomic E-state index is 0.131. The van der Waals surface area contributed by atoms with Crippen LogP contribution in [0, 0.1) is 0 Å². The van der Waals surface area contributed by atoms with Crippen molar-refractivity contribution in [3.63, 3.8) is 0 Å². The van der Waals surface area contributed by atoms with Crippen LogP contribution in [-0.2, 0) is 6.42 Å². The molecule has 2 aromatic rings. The zero-order chi connectivity index (χ0) is 15.4. The maximum absolute atomic E-state index is 12.1. The van der Waals surface area contributed by atoms with E-state index in [9.17, 15) is 4.79 Å². The van der Waals surface area contributed by atoms with Crippen LogP contribution in [0.3, 0.4) is 0 Å². The van der Waals surface area contributed by atoms with Gasteiger partial charge in [-0.3, -0.25) is 9.89 Å². The highest BCUT2D eigenvalue weighted by Crippen LogP contribution is 2.27. The first-order valence-corrected chi connectivity index (χ1v) is 7.08. The van der Waals surface area contributed by atoms with Crippen molar-refractivity contribution in [2.45, 2.75) is 19.8 Å². The molecule has 0 saturated carbocycles. The summed E-state index contributed by atoms with van der Waals surface area (Å²) >= 11 is 6.17. The number of rotatable bonds is 5. The van der Waals surface area contributed by atoms with Crippen LogP contribution in [-0.4, -0.2) is 35.2 Å². The van der Waals surface area contributed by atoms with E-state index in [1.54, 1.807) is 12.1 Å². The predicted molar refractivity (Wildman–Crippen MR) is 84.1 cm³/mol. The lowest BCUT2D eigenvalue weighted by molar-refractivity contribution is 0.101. The number of carbonyl (C=O) groups is 1. The van der Waals surface area contributed by atoms with Gasteiger partial charge in [-0.15, -0.1) is 5.10 Å². The van der Waals surface area contributed by atoms with Gasteiger partial charge in [0.15, 0.2) is 0 Å². The summed E-state index contributed by atoms with van der Waals surface area (Å²) in [6.45, 7) is 2.04. The Morgan fingerprint density at radius 1 is 1.43 bits per heavy atom. The number of halogens is 1. The van der Waals surface area contributed by atoms with Crippen LogP contribution in [0.1, 0.15) is 29.8 Å². The first-order valence-electron chi connectivity index (χ1n) is 6.70. The molecule has 7 heteroatoms. The minimum Gasteiger partial charge on any atom is -0.376 e. The van der Waals surface area contributed by atoms with Crippen molar-refractivity contribution in [1.29, 1.82) is 0 Å². The molecule has 0 unspecified atom stereocenters. The highest BCUT2D eigenvalue weighted by molar-refractivity contribution is 6.33. The average Bonchev–Trinajstić information content (AvgIpc) is 2.87. The second-order valence-corrected chi connectivity index (χ2v) is 5.28. The van der Waals surface area contributed by atoms with Crippen molar-refractivity contribution in [3.8, 4) is 0 Å². The third-order valence-corrected chi connectivity index (χ3v) is 3.21. The van der Waals surface area contributed by atoms with Crippen molar-refractivity contribution in [2.24, 2.45) is 0 Å². The summed E-state index contributed by atoms with van der Waals surface area (Å²) in [5.41, 5.74) is 1.50. The van der Waals surface area contributed by atoms with E-state index in [1.165, 1.54) is 0 Å². The predicted octanol–water partition coefficient (Wildman–Crippen LogP) is 2.73. The van der Waals surface area contributed by atoms with Gasteiger partial charge in [0.1, 0.15) is 5.82 Å². The lowest BCUT2D eigenvalue weighted by atomic mass is 10.2. The van der Waals surface area contributed by atoms with Gasteiger partial charge in [0.2, 0.25) is 5.82 Å². The number of hydrogen-bond donors (Lipinski definition) is 2. The van der Waals surface area contributed by atoms with E-state index in [0.29, 0.717) is 16.5 Å². The summed E-state index contributed by atoms with van der Waals surface area (Å²) in [4.78, 5) is 18.1. The number of amides is 1. The lowest BCUT2D eigenvalue weighted by Crippen LogP contribution is -2.14. The summed E-state index contributed by atoms with van der Waals surface area (Å²) in [6.07, 6.45) is 1.71. The van der Waals surface area contributed by atoms with E-state index >= 15 is 0 Å². The highest BCUT2D eigenvalue weighted by atomic mass is 35.5. The second-order valence-electron chi connectivity index (χ2n) is 4.87. The van der Waals surface area contributed by atoms with Gasteiger partial charge >= 0.3 is 0 Å². The van der Waals surface area contributed by atoms with E-state index < -0.39 is 0 Å². The molecule has 0 radical (unpaired) electrons. The molecule has 0 aliphatic carbocycles. The van der Waals surface area contributed by atoms with Crippen LogP contribution in [0.5, 0.6) is 0 Å². The average molecular weight is 308 g/mol. The monoisotopic (exact) mass is 307 g/mol. The van der Waals surface area contributed by atoms with Crippen LogP contribution in [0.15, 0.2) is 18.2 Å². The third-order valence-electron chi connectivity index (χ3n) is 2.91. The number of nitrogens with one attached hydrogen (secondary N) is 2. The zero-order valence-electron chi connectivity index (χ0n) is 12.3. The Labute approximate surface area is 128 Å². The van der Waals surface area contributed by atoms with E-state index in [0.717, 1.165) is 18.5 Å². The van der Waals surface area contributed by atoms with Crippen molar-refractivity contribution in [3.05, 3.63) is 34.9 Å². The number of aryl methyl sites for hydroxylation is 1. The number of carbonyl (C=O) groups excluding carboxylic acids is 1. The molecule has 1 heterocycles. The number of nitrogens with zero attached hydrogens (tertiary/aromatic N) is 3. The third kappa shape index (κ3) is 3.72.